The van der Waals surface area contributed by atoms with Crippen molar-refractivity contribution in [3.8, 4) is 0 Å². The SMILES string of the molecule is Cc1ccc(CC(=O)NCCOCCO)cc1C. The third-order valence-corrected chi connectivity index (χ3v) is 2.74. The zero-order valence-electron chi connectivity index (χ0n) is 11.0. The van der Waals surface area contributed by atoms with E-state index in [9.17, 15) is 4.79 Å². The summed E-state index contributed by atoms with van der Waals surface area (Å²) in [5, 5.41) is 11.3. The fourth-order valence-electron chi connectivity index (χ4n) is 1.59. The quantitative estimate of drug-likeness (QED) is 0.710. The molecule has 100 valence electrons. The van der Waals surface area contributed by atoms with Crippen molar-refractivity contribution in [2.24, 2.45) is 0 Å². The van der Waals surface area contributed by atoms with Gasteiger partial charge in [-0.25, -0.2) is 0 Å². The van der Waals surface area contributed by atoms with Crippen LogP contribution in [0.3, 0.4) is 0 Å². The first-order chi connectivity index (χ1) is 8.63. The maximum absolute atomic E-state index is 11.6. The first kappa shape index (κ1) is 14.7. The molecule has 0 radical (unpaired) electrons. The fourth-order valence-corrected chi connectivity index (χ4v) is 1.59. The van der Waals surface area contributed by atoms with Crippen molar-refractivity contribution in [3.63, 3.8) is 0 Å². The second-order valence-electron chi connectivity index (χ2n) is 4.28. The Balaban J connectivity index is 2.29. The molecule has 1 rings (SSSR count). The van der Waals surface area contributed by atoms with Crippen LogP contribution >= 0.6 is 0 Å². The molecule has 0 atom stereocenters. The average Bonchev–Trinajstić information content (AvgIpc) is 2.34. The van der Waals surface area contributed by atoms with Gasteiger partial charge in [-0.05, 0) is 30.5 Å². The Morgan fingerprint density at radius 1 is 1.28 bits per heavy atom. The topological polar surface area (TPSA) is 58.6 Å². The van der Waals surface area contributed by atoms with Gasteiger partial charge in [-0.2, -0.15) is 0 Å². The molecule has 0 aromatic heterocycles. The molecule has 0 bridgehead atoms. The molecule has 0 unspecified atom stereocenters. The molecule has 0 spiro atoms. The monoisotopic (exact) mass is 251 g/mol. The fraction of sp³-hybridized carbons (Fsp3) is 0.500. The highest BCUT2D eigenvalue weighted by atomic mass is 16.5. The Morgan fingerprint density at radius 2 is 2.06 bits per heavy atom. The van der Waals surface area contributed by atoms with Crippen LogP contribution < -0.4 is 5.32 Å². The summed E-state index contributed by atoms with van der Waals surface area (Å²) in [7, 11) is 0. The van der Waals surface area contributed by atoms with Crippen molar-refractivity contribution < 1.29 is 14.6 Å². The van der Waals surface area contributed by atoms with Gasteiger partial charge in [0.15, 0.2) is 0 Å². The number of aliphatic hydroxyl groups excluding tert-OH is 1. The van der Waals surface area contributed by atoms with Crippen molar-refractivity contribution in [2.75, 3.05) is 26.4 Å². The smallest absolute Gasteiger partial charge is 0.224 e. The van der Waals surface area contributed by atoms with E-state index < -0.39 is 0 Å². The lowest BCUT2D eigenvalue weighted by Crippen LogP contribution is -2.28. The average molecular weight is 251 g/mol. The molecule has 2 N–H and O–H groups in total. The summed E-state index contributed by atoms with van der Waals surface area (Å²) < 4.78 is 5.05. The normalized spacial score (nSPS) is 10.4. The van der Waals surface area contributed by atoms with Crippen LogP contribution in [0.1, 0.15) is 16.7 Å². The van der Waals surface area contributed by atoms with Crippen LogP contribution in [0.5, 0.6) is 0 Å². The number of carbonyl (C=O) groups is 1. The number of carbonyl (C=O) groups excluding carboxylic acids is 1. The number of amides is 1. The number of benzene rings is 1. The van der Waals surface area contributed by atoms with Crippen molar-refractivity contribution in [1.29, 1.82) is 0 Å². The third kappa shape index (κ3) is 5.29. The van der Waals surface area contributed by atoms with E-state index in [0.29, 0.717) is 26.2 Å². The van der Waals surface area contributed by atoms with Gasteiger partial charge < -0.3 is 15.2 Å². The van der Waals surface area contributed by atoms with E-state index in [1.165, 1.54) is 11.1 Å². The highest BCUT2D eigenvalue weighted by Crippen LogP contribution is 2.10. The summed E-state index contributed by atoms with van der Waals surface area (Å²) in [6, 6.07) is 6.05. The number of aliphatic hydroxyl groups is 1. The molecule has 1 aromatic rings. The van der Waals surface area contributed by atoms with Crippen molar-refractivity contribution in [3.05, 3.63) is 34.9 Å². The lowest BCUT2D eigenvalue weighted by Gasteiger charge is -2.07. The number of ether oxygens (including phenoxy) is 1. The summed E-state index contributed by atoms with van der Waals surface area (Å²) in [6.45, 7) is 5.32. The van der Waals surface area contributed by atoms with Crippen LogP contribution in [0.25, 0.3) is 0 Å². The van der Waals surface area contributed by atoms with E-state index in [2.05, 4.69) is 12.2 Å². The van der Waals surface area contributed by atoms with Crippen LogP contribution in [-0.2, 0) is 16.0 Å². The van der Waals surface area contributed by atoms with Gasteiger partial charge in [0.05, 0.1) is 26.2 Å². The van der Waals surface area contributed by atoms with E-state index in [0.717, 1.165) is 5.56 Å². The van der Waals surface area contributed by atoms with E-state index in [1.807, 2.05) is 25.1 Å². The standard InChI is InChI=1S/C14H21NO3/c1-11-3-4-13(9-12(11)2)10-14(17)15-5-7-18-8-6-16/h3-4,9,16H,5-8,10H2,1-2H3,(H,15,17). The minimum absolute atomic E-state index is 0.00847. The summed E-state index contributed by atoms with van der Waals surface area (Å²) in [5.74, 6) is -0.00847. The van der Waals surface area contributed by atoms with Gasteiger partial charge in [0.25, 0.3) is 0 Å². The van der Waals surface area contributed by atoms with Crippen LogP contribution in [-0.4, -0.2) is 37.4 Å². The van der Waals surface area contributed by atoms with E-state index in [-0.39, 0.29) is 12.5 Å². The molecule has 0 aliphatic heterocycles. The first-order valence-electron chi connectivity index (χ1n) is 6.15. The molecule has 18 heavy (non-hydrogen) atoms. The van der Waals surface area contributed by atoms with Gasteiger partial charge in [-0.1, -0.05) is 18.2 Å². The van der Waals surface area contributed by atoms with Gasteiger partial charge in [0, 0.05) is 6.54 Å². The molecule has 0 aliphatic carbocycles. The van der Waals surface area contributed by atoms with E-state index in [4.69, 9.17) is 9.84 Å². The molecule has 4 heteroatoms. The molecule has 0 saturated heterocycles. The molecule has 1 aromatic carbocycles. The van der Waals surface area contributed by atoms with Gasteiger partial charge in [-0.15, -0.1) is 0 Å². The van der Waals surface area contributed by atoms with Gasteiger partial charge in [-0.3, -0.25) is 4.79 Å². The van der Waals surface area contributed by atoms with Gasteiger partial charge in [0.1, 0.15) is 0 Å². The third-order valence-electron chi connectivity index (χ3n) is 2.74. The Morgan fingerprint density at radius 3 is 2.72 bits per heavy atom. The minimum atomic E-state index is -0.00847. The zero-order chi connectivity index (χ0) is 13.4. The molecular formula is C14H21NO3. The number of rotatable bonds is 7. The van der Waals surface area contributed by atoms with Crippen LogP contribution in [0.15, 0.2) is 18.2 Å². The lowest BCUT2D eigenvalue weighted by molar-refractivity contribution is -0.120. The van der Waals surface area contributed by atoms with Gasteiger partial charge in [0.2, 0.25) is 5.91 Å². The highest BCUT2D eigenvalue weighted by molar-refractivity contribution is 5.78. The number of hydrogen-bond donors (Lipinski definition) is 2. The van der Waals surface area contributed by atoms with Crippen molar-refractivity contribution in [2.45, 2.75) is 20.3 Å². The maximum Gasteiger partial charge on any atom is 0.224 e. The van der Waals surface area contributed by atoms with Crippen molar-refractivity contribution >= 4 is 5.91 Å². The molecule has 0 aliphatic rings. The molecule has 0 heterocycles. The van der Waals surface area contributed by atoms with Crippen LogP contribution in [0.4, 0.5) is 0 Å². The van der Waals surface area contributed by atoms with E-state index in [1.54, 1.807) is 0 Å². The number of nitrogens with one attached hydrogen (secondary N) is 1. The van der Waals surface area contributed by atoms with Crippen LogP contribution in [0, 0.1) is 13.8 Å². The second kappa shape index (κ2) is 7.84. The molecule has 0 fully saturated rings. The van der Waals surface area contributed by atoms with Gasteiger partial charge >= 0.3 is 0 Å². The summed E-state index contributed by atoms with van der Waals surface area (Å²) >= 11 is 0. The Hall–Kier alpha value is -1.39. The largest absolute Gasteiger partial charge is 0.394 e. The Kier molecular flexibility index (Phi) is 6.39. The lowest BCUT2D eigenvalue weighted by atomic mass is 10.0. The summed E-state index contributed by atoms with van der Waals surface area (Å²) in [5.41, 5.74) is 3.45. The Bertz CT molecular complexity index is 391. The van der Waals surface area contributed by atoms with E-state index >= 15 is 0 Å². The summed E-state index contributed by atoms with van der Waals surface area (Å²) in [6.07, 6.45) is 0.390. The molecular weight excluding hydrogens is 230 g/mol. The molecule has 1 amide bonds. The molecule has 0 saturated carbocycles. The number of hydrogen-bond acceptors (Lipinski definition) is 3. The predicted octanol–water partition coefficient (Wildman–Crippen LogP) is 0.971. The minimum Gasteiger partial charge on any atom is -0.394 e. The maximum atomic E-state index is 11.6. The Labute approximate surface area is 108 Å². The zero-order valence-corrected chi connectivity index (χ0v) is 11.0. The molecule has 4 nitrogen and oxygen atoms in total. The predicted molar refractivity (Wildman–Crippen MR) is 70.5 cm³/mol. The van der Waals surface area contributed by atoms with Crippen LogP contribution in [0.2, 0.25) is 0 Å². The van der Waals surface area contributed by atoms with Crippen molar-refractivity contribution in [1.82, 2.24) is 5.32 Å². The summed E-state index contributed by atoms with van der Waals surface area (Å²) in [4.78, 5) is 11.6. The number of aryl methyl sites for hydroxylation is 2. The second-order valence-corrected chi connectivity index (χ2v) is 4.28. The highest BCUT2D eigenvalue weighted by Gasteiger charge is 2.03. The first-order valence-corrected chi connectivity index (χ1v) is 6.15.